The molecule has 12 heavy (non-hydrogen) atoms. The summed E-state index contributed by atoms with van der Waals surface area (Å²) in [6, 6.07) is 0.791. The fraction of sp³-hybridized carbons (Fsp3) is 1.00. The fourth-order valence-corrected chi connectivity index (χ4v) is 1.47. The summed E-state index contributed by atoms with van der Waals surface area (Å²) in [7, 11) is 2.21. The molecule has 0 aromatic heterocycles. The summed E-state index contributed by atoms with van der Waals surface area (Å²) in [5.41, 5.74) is 0. The number of nitrogens with one attached hydrogen (secondary N) is 1. The SMILES string of the molecule is CCN(C)[C@H]1CCCNC1.Cl.Cl. The molecule has 1 fully saturated rings. The Labute approximate surface area is 87.9 Å². The summed E-state index contributed by atoms with van der Waals surface area (Å²) in [4.78, 5) is 2.42. The van der Waals surface area contributed by atoms with Crippen molar-refractivity contribution in [1.82, 2.24) is 10.2 Å². The minimum absolute atomic E-state index is 0. The lowest BCUT2D eigenvalue weighted by Gasteiger charge is -2.30. The van der Waals surface area contributed by atoms with E-state index in [1.807, 2.05) is 0 Å². The molecular weight excluding hydrogens is 195 g/mol. The minimum atomic E-state index is 0. The molecule has 0 aliphatic carbocycles. The van der Waals surface area contributed by atoms with Crippen LogP contribution in [0.1, 0.15) is 19.8 Å². The Hall–Kier alpha value is 0.500. The number of nitrogens with zero attached hydrogens (tertiary/aromatic N) is 1. The molecule has 0 aromatic carbocycles. The number of halogens is 2. The Morgan fingerprint density at radius 3 is 2.50 bits per heavy atom. The fourth-order valence-electron chi connectivity index (χ4n) is 1.47. The molecule has 1 rings (SSSR count). The third-order valence-electron chi connectivity index (χ3n) is 2.39. The van der Waals surface area contributed by atoms with Gasteiger partial charge in [0, 0.05) is 12.6 Å². The van der Waals surface area contributed by atoms with E-state index in [-0.39, 0.29) is 24.8 Å². The number of likely N-dealkylation sites (N-methyl/N-ethyl adjacent to an activating group) is 1. The lowest BCUT2D eigenvalue weighted by Crippen LogP contribution is -2.43. The molecule has 0 amide bonds. The summed E-state index contributed by atoms with van der Waals surface area (Å²) in [5.74, 6) is 0. The van der Waals surface area contributed by atoms with Gasteiger partial charge in [-0.05, 0) is 33.0 Å². The second kappa shape index (κ2) is 8.11. The van der Waals surface area contributed by atoms with Gasteiger partial charge in [0.1, 0.15) is 0 Å². The summed E-state index contributed by atoms with van der Waals surface area (Å²) in [5, 5.41) is 3.41. The molecule has 1 saturated heterocycles. The first-order valence-corrected chi connectivity index (χ1v) is 4.25. The Morgan fingerprint density at radius 2 is 2.08 bits per heavy atom. The molecule has 2 nitrogen and oxygen atoms in total. The van der Waals surface area contributed by atoms with Crippen LogP contribution < -0.4 is 5.32 Å². The van der Waals surface area contributed by atoms with Gasteiger partial charge in [0.2, 0.25) is 0 Å². The summed E-state index contributed by atoms with van der Waals surface area (Å²) in [6.45, 7) is 5.79. The van der Waals surface area contributed by atoms with Crippen LogP contribution in [0.15, 0.2) is 0 Å². The highest BCUT2D eigenvalue weighted by Crippen LogP contribution is 2.06. The van der Waals surface area contributed by atoms with Crippen LogP contribution in [-0.2, 0) is 0 Å². The molecule has 0 saturated carbocycles. The van der Waals surface area contributed by atoms with Gasteiger partial charge in [-0.25, -0.2) is 0 Å². The minimum Gasteiger partial charge on any atom is -0.315 e. The van der Waals surface area contributed by atoms with Gasteiger partial charge in [-0.2, -0.15) is 0 Å². The topological polar surface area (TPSA) is 15.3 Å². The smallest absolute Gasteiger partial charge is 0.0217 e. The zero-order valence-electron chi connectivity index (χ0n) is 7.88. The number of hydrogen-bond donors (Lipinski definition) is 1. The van der Waals surface area contributed by atoms with Crippen molar-refractivity contribution in [3.05, 3.63) is 0 Å². The van der Waals surface area contributed by atoms with Crippen molar-refractivity contribution in [1.29, 1.82) is 0 Å². The van der Waals surface area contributed by atoms with Gasteiger partial charge < -0.3 is 10.2 Å². The van der Waals surface area contributed by atoms with Crippen LogP contribution in [0.3, 0.4) is 0 Å². The highest BCUT2D eigenvalue weighted by atomic mass is 35.5. The molecule has 0 radical (unpaired) electrons. The van der Waals surface area contributed by atoms with E-state index in [1.54, 1.807) is 0 Å². The molecule has 0 aromatic rings. The van der Waals surface area contributed by atoms with Crippen molar-refractivity contribution < 1.29 is 0 Å². The molecule has 1 N–H and O–H groups in total. The Morgan fingerprint density at radius 1 is 1.42 bits per heavy atom. The lowest BCUT2D eigenvalue weighted by atomic mass is 10.1. The van der Waals surface area contributed by atoms with Gasteiger partial charge in [-0.3, -0.25) is 0 Å². The average molecular weight is 215 g/mol. The molecule has 1 aliphatic rings. The third-order valence-corrected chi connectivity index (χ3v) is 2.39. The maximum Gasteiger partial charge on any atom is 0.0217 e. The molecule has 1 heterocycles. The van der Waals surface area contributed by atoms with Crippen LogP contribution in [0.4, 0.5) is 0 Å². The van der Waals surface area contributed by atoms with E-state index in [0.29, 0.717) is 0 Å². The van der Waals surface area contributed by atoms with Crippen LogP contribution in [0.2, 0.25) is 0 Å². The first-order valence-electron chi connectivity index (χ1n) is 4.25. The molecule has 4 heteroatoms. The normalized spacial score (nSPS) is 22.8. The largest absolute Gasteiger partial charge is 0.315 e. The van der Waals surface area contributed by atoms with Crippen molar-refractivity contribution in [3.63, 3.8) is 0 Å². The van der Waals surface area contributed by atoms with E-state index >= 15 is 0 Å². The van der Waals surface area contributed by atoms with Crippen LogP contribution in [0, 0.1) is 0 Å². The molecule has 0 bridgehead atoms. The van der Waals surface area contributed by atoms with Crippen molar-refractivity contribution >= 4 is 24.8 Å². The highest BCUT2D eigenvalue weighted by Gasteiger charge is 2.15. The van der Waals surface area contributed by atoms with Gasteiger partial charge >= 0.3 is 0 Å². The van der Waals surface area contributed by atoms with Gasteiger partial charge in [0.15, 0.2) is 0 Å². The number of rotatable bonds is 2. The van der Waals surface area contributed by atoms with Gasteiger partial charge in [0.05, 0.1) is 0 Å². The molecule has 1 atom stereocenters. The predicted octanol–water partition coefficient (Wildman–Crippen LogP) is 1.53. The van der Waals surface area contributed by atoms with Crippen LogP contribution in [0.5, 0.6) is 0 Å². The second-order valence-corrected chi connectivity index (χ2v) is 3.07. The van der Waals surface area contributed by atoms with Crippen molar-refractivity contribution in [2.45, 2.75) is 25.8 Å². The first kappa shape index (κ1) is 15.0. The van der Waals surface area contributed by atoms with E-state index in [4.69, 9.17) is 0 Å². The number of hydrogen-bond acceptors (Lipinski definition) is 2. The van der Waals surface area contributed by atoms with E-state index in [9.17, 15) is 0 Å². The predicted molar refractivity (Wildman–Crippen MR) is 58.7 cm³/mol. The Kier molecular flexibility index (Phi) is 10.1. The van der Waals surface area contributed by atoms with Gasteiger partial charge in [-0.1, -0.05) is 6.92 Å². The molecule has 76 valence electrons. The quantitative estimate of drug-likeness (QED) is 0.751. The molecule has 1 aliphatic heterocycles. The monoisotopic (exact) mass is 214 g/mol. The molecular formula is C8H20Cl2N2. The zero-order valence-corrected chi connectivity index (χ0v) is 9.51. The molecule has 0 spiro atoms. The maximum atomic E-state index is 3.41. The van der Waals surface area contributed by atoms with Crippen molar-refractivity contribution in [2.24, 2.45) is 0 Å². The van der Waals surface area contributed by atoms with Crippen LogP contribution in [0.25, 0.3) is 0 Å². The first-order chi connectivity index (χ1) is 4.84. The van der Waals surface area contributed by atoms with Crippen LogP contribution in [-0.4, -0.2) is 37.6 Å². The summed E-state index contributed by atoms with van der Waals surface area (Å²) >= 11 is 0. The molecule has 0 unspecified atom stereocenters. The maximum absolute atomic E-state index is 3.41. The van der Waals surface area contributed by atoms with Crippen LogP contribution >= 0.6 is 24.8 Å². The van der Waals surface area contributed by atoms with E-state index < -0.39 is 0 Å². The van der Waals surface area contributed by atoms with Crippen molar-refractivity contribution in [3.8, 4) is 0 Å². The Balaban J connectivity index is 0. The van der Waals surface area contributed by atoms with E-state index in [2.05, 4.69) is 24.2 Å². The standard InChI is InChI=1S/C8H18N2.2ClH/c1-3-10(2)8-5-4-6-9-7-8;;/h8-9H,3-7H2,1-2H3;2*1H/t8-;;/m0../s1. The van der Waals surface area contributed by atoms with E-state index in [0.717, 1.165) is 6.04 Å². The summed E-state index contributed by atoms with van der Waals surface area (Å²) in [6.07, 6.45) is 2.71. The zero-order chi connectivity index (χ0) is 7.40. The van der Waals surface area contributed by atoms with E-state index in [1.165, 1.54) is 32.5 Å². The number of piperidine rings is 1. The van der Waals surface area contributed by atoms with Gasteiger partial charge in [-0.15, -0.1) is 24.8 Å². The van der Waals surface area contributed by atoms with Crippen molar-refractivity contribution in [2.75, 3.05) is 26.7 Å². The Bertz CT molecular complexity index is 95.1. The summed E-state index contributed by atoms with van der Waals surface area (Å²) < 4.78 is 0. The average Bonchev–Trinajstić information content (AvgIpc) is 2.05. The second-order valence-electron chi connectivity index (χ2n) is 3.07. The van der Waals surface area contributed by atoms with Gasteiger partial charge in [0.25, 0.3) is 0 Å². The third kappa shape index (κ3) is 4.51. The highest BCUT2D eigenvalue weighted by molar-refractivity contribution is 5.85. The lowest BCUT2D eigenvalue weighted by molar-refractivity contribution is 0.212.